The van der Waals surface area contributed by atoms with Crippen LogP contribution in [0.4, 0.5) is 5.69 Å². The molecule has 0 aliphatic heterocycles. The van der Waals surface area contributed by atoms with Gasteiger partial charge in [0.05, 0.1) is 27.0 Å². The van der Waals surface area contributed by atoms with Crippen molar-refractivity contribution in [3.8, 4) is 23.3 Å². The normalized spacial score (nSPS) is 10.6. The quantitative estimate of drug-likeness (QED) is 0.646. The summed E-state index contributed by atoms with van der Waals surface area (Å²) in [6.07, 6.45) is 1.50. The largest absolute Gasteiger partial charge is 0.497 e. The molecule has 6 heteroatoms. The van der Waals surface area contributed by atoms with Gasteiger partial charge in [0.1, 0.15) is 28.9 Å². The summed E-state index contributed by atoms with van der Waals surface area (Å²) in [6, 6.07) is 14.0. The Hall–Kier alpha value is -3.46. The van der Waals surface area contributed by atoms with E-state index in [0.717, 1.165) is 0 Å². The molecular formula is C19H18N2O4. The lowest BCUT2D eigenvalue weighted by Gasteiger charge is -2.11. The highest BCUT2D eigenvalue weighted by molar-refractivity contribution is 6.10. The molecule has 2 aromatic carbocycles. The second-order valence-electron chi connectivity index (χ2n) is 4.96. The van der Waals surface area contributed by atoms with Crippen LogP contribution in [0, 0.1) is 11.3 Å². The van der Waals surface area contributed by atoms with Crippen molar-refractivity contribution in [1.29, 1.82) is 5.26 Å². The highest BCUT2D eigenvalue weighted by Crippen LogP contribution is 2.29. The Morgan fingerprint density at radius 1 is 1.00 bits per heavy atom. The monoisotopic (exact) mass is 338 g/mol. The van der Waals surface area contributed by atoms with Gasteiger partial charge < -0.3 is 19.5 Å². The van der Waals surface area contributed by atoms with E-state index in [1.54, 1.807) is 49.6 Å². The Morgan fingerprint density at radius 3 is 2.20 bits per heavy atom. The van der Waals surface area contributed by atoms with Crippen LogP contribution < -0.4 is 19.5 Å². The lowest BCUT2D eigenvalue weighted by atomic mass is 10.1. The van der Waals surface area contributed by atoms with Gasteiger partial charge in [0.15, 0.2) is 0 Å². The number of carbonyl (C=O) groups excluding carboxylic acids is 1. The number of methoxy groups -OCH3 is 3. The van der Waals surface area contributed by atoms with E-state index in [4.69, 9.17) is 14.2 Å². The van der Waals surface area contributed by atoms with E-state index in [2.05, 4.69) is 5.32 Å². The van der Waals surface area contributed by atoms with Crippen LogP contribution in [-0.2, 0) is 4.79 Å². The average molecular weight is 338 g/mol. The van der Waals surface area contributed by atoms with Crippen LogP contribution in [0.1, 0.15) is 5.56 Å². The number of ether oxygens (including phenoxy) is 3. The number of hydrogen-bond acceptors (Lipinski definition) is 5. The number of amides is 1. The van der Waals surface area contributed by atoms with Gasteiger partial charge in [0, 0.05) is 6.07 Å². The molecule has 2 aromatic rings. The van der Waals surface area contributed by atoms with Crippen molar-refractivity contribution in [2.75, 3.05) is 26.6 Å². The van der Waals surface area contributed by atoms with Crippen molar-refractivity contribution in [2.45, 2.75) is 0 Å². The zero-order valence-corrected chi connectivity index (χ0v) is 14.2. The zero-order chi connectivity index (χ0) is 18.2. The summed E-state index contributed by atoms with van der Waals surface area (Å²) < 4.78 is 15.4. The predicted octanol–water partition coefficient (Wildman–Crippen LogP) is 3.26. The van der Waals surface area contributed by atoms with E-state index in [0.29, 0.717) is 28.5 Å². The molecule has 0 unspecified atom stereocenters. The van der Waals surface area contributed by atoms with Gasteiger partial charge in [-0.15, -0.1) is 0 Å². The summed E-state index contributed by atoms with van der Waals surface area (Å²) >= 11 is 0. The molecule has 0 radical (unpaired) electrons. The molecule has 1 N–H and O–H groups in total. The van der Waals surface area contributed by atoms with E-state index < -0.39 is 5.91 Å². The van der Waals surface area contributed by atoms with Crippen LogP contribution >= 0.6 is 0 Å². The van der Waals surface area contributed by atoms with E-state index >= 15 is 0 Å². The van der Waals surface area contributed by atoms with Gasteiger partial charge in [-0.25, -0.2) is 0 Å². The summed E-state index contributed by atoms with van der Waals surface area (Å²) in [5.74, 6) is 1.19. The highest BCUT2D eigenvalue weighted by atomic mass is 16.5. The third-order valence-corrected chi connectivity index (χ3v) is 3.45. The fourth-order valence-corrected chi connectivity index (χ4v) is 2.12. The molecule has 0 bridgehead atoms. The van der Waals surface area contributed by atoms with Gasteiger partial charge in [-0.1, -0.05) is 12.1 Å². The molecule has 0 aliphatic rings. The molecule has 0 aromatic heterocycles. The first kappa shape index (κ1) is 17.9. The molecule has 128 valence electrons. The number of anilines is 1. The number of nitrogens with one attached hydrogen (secondary N) is 1. The molecule has 1 amide bonds. The SMILES string of the molecule is COc1ccc(/C=C(/C#N)C(=O)Nc2cc(OC)ccc2OC)cc1. The van der Waals surface area contributed by atoms with Crippen LogP contribution in [0.5, 0.6) is 17.2 Å². The highest BCUT2D eigenvalue weighted by Gasteiger charge is 2.13. The predicted molar refractivity (Wildman–Crippen MR) is 94.8 cm³/mol. The van der Waals surface area contributed by atoms with Gasteiger partial charge in [0.25, 0.3) is 5.91 Å². The lowest BCUT2D eigenvalue weighted by Crippen LogP contribution is -2.14. The molecule has 0 heterocycles. The third kappa shape index (κ3) is 4.52. The van der Waals surface area contributed by atoms with Gasteiger partial charge >= 0.3 is 0 Å². The minimum atomic E-state index is -0.537. The Labute approximate surface area is 146 Å². The Morgan fingerprint density at radius 2 is 1.64 bits per heavy atom. The van der Waals surface area contributed by atoms with Crippen molar-refractivity contribution in [3.63, 3.8) is 0 Å². The summed E-state index contributed by atoms with van der Waals surface area (Å²) in [4.78, 5) is 12.4. The van der Waals surface area contributed by atoms with E-state index in [1.807, 2.05) is 6.07 Å². The van der Waals surface area contributed by atoms with Crippen LogP contribution in [0.25, 0.3) is 6.08 Å². The second-order valence-corrected chi connectivity index (χ2v) is 4.96. The molecule has 0 aliphatic carbocycles. The maximum atomic E-state index is 12.4. The number of benzene rings is 2. The maximum Gasteiger partial charge on any atom is 0.266 e. The fraction of sp³-hybridized carbons (Fsp3) is 0.158. The van der Waals surface area contributed by atoms with Crippen LogP contribution in [0.15, 0.2) is 48.0 Å². The van der Waals surface area contributed by atoms with Crippen molar-refractivity contribution in [2.24, 2.45) is 0 Å². The first-order valence-corrected chi connectivity index (χ1v) is 7.40. The van der Waals surface area contributed by atoms with E-state index in [-0.39, 0.29) is 5.57 Å². The van der Waals surface area contributed by atoms with E-state index in [9.17, 15) is 10.1 Å². The van der Waals surface area contributed by atoms with E-state index in [1.165, 1.54) is 20.3 Å². The molecular weight excluding hydrogens is 320 g/mol. The van der Waals surface area contributed by atoms with Crippen LogP contribution in [-0.4, -0.2) is 27.2 Å². The Balaban J connectivity index is 2.25. The van der Waals surface area contributed by atoms with Crippen molar-refractivity contribution < 1.29 is 19.0 Å². The number of carbonyl (C=O) groups is 1. The number of hydrogen-bond donors (Lipinski definition) is 1. The van der Waals surface area contributed by atoms with Gasteiger partial charge in [-0.3, -0.25) is 4.79 Å². The number of nitrogens with zero attached hydrogens (tertiary/aromatic N) is 1. The third-order valence-electron chi connectivity index (χ3n) is 3.45. The maximum absolute atomic E-state index is 12.4. The first-order valence-electron chi connectivity index (χ1n) is 7.40. The Kier molecular flexibility index (Phi) is 6.02. The number of nitriles is 1. The fourth-order valence-electron chi connectivity index (χ4n) is 2.12. The molecule has 25 heavy (non-hydrogen) atoms. The smallest absolute Gasteiger partial charge is 0.266 e. The van der Waals surface area contributed by atoms with Crippen LogP contribution in [0.3, 0.4) is 0 Å². The first-order chi connectivity index (χ1) is 12.1. The van der Waals surface area contributed by atoms with Crippen LogP contribution in [0.2, 0.25) is 0 Å². The molecule has 0 saturated heterocycles. The molecule has 0 atom stereocenters. The van der Waals surface area contributed by atoms with Crippen molar-refractivity contribution >= 4 is 17.7 Å². The van der Waals surface area contributed by atoms with Gasteiger partial charge in [-0.2, -0.15) is 5.26 Å². The van der Waals surface area contributed by atoms with Gasteiger partial charge in [-0.05, 0) is 35.9 Å². The summed E-state index contributed by atoms with van der Waals surface area (Å²) in [7, 11) is 4.59. The minimum Gasteiger partial charge on any atom is -0.497 e. The number of rotatable bonds is 6. The second kappa shape index (κ2) is 8.41. The summed E-state index contributed by atoms with van der Waals surface area (Å²) in [5, 5.41) is 12.0. The molecule has 0 saturated carbocycles. The topological polar surface area (TPSA) is 80.6 Å². The molecule has 0 fully saturated rings. The zero-order valence-electron chi connectivity index (χ0n) is 14.2. The molecule has 0 spiro atoms. The molecule has 2 rings (SSSR count). The standard InChI is InChI=1S/C19H18N2O4/c1-23-15-6-4-13(5-7-15)10-14(12-20)19(22)21-17-11-16(24-2)8-9-18(17)25-3/h4-11H,1-3H3,(H,21,22)/b14-10-. The Bertz CT molecular complexity index is 820. The van der Waals surface area contributed by atoms with Crippen molar-refractivity contribution in [1.82, 2.24) is 0 Å². The summed E-state index contributed by atoms with van der Waals surface area (Å²) in [6.45, 7) is 0. The minimum absolute atomic E-state index is 0.0324. The lowest BCUT2D eigenvalue weighted by molar-refractivity contribution is -0.112. The van der Waals surface area contributed by atoms with Crippen molar-refractivity contribution in [3.05, 3.63) is 53.6 Å². The molecule has 6 nitrogen and oxygen atoms in total. The van der Waals surface area contributed by atoms with Gasteiger partial charge in [0.2, 0.25) is 0 Å². The summed E-state index contributed by atoms with van der Waals surface area (Å²) in [5.41, 5.74) is 1.10. The average Bonchev–Trinajstić information content (AvgIpc) is 2.66.